The second-order valence-corrected chi connectivity index (χ2v) is 9.73. The van der Waals surface area contributed by atoms with E-state index < -0.39 is 0 Å². The predicted octanol–water partition coefficient (Wildman–Crippen LogP) is 6.28. The van der Waals surface area contributed by atoms with E-state index >= 15 is 0 Å². The second kappa shape index (κ2) is 20.1. The number of methoxy groups -OCH3 is 1. The van der Waals surface area contributed by atoms with Crippen molar-refractivity contribution in [3.05, 3.63) is 12.2 Å². The fourth-order valence-electron chi connectivity index (χ4n) is 3.11. The normalized spacial score (nSPS) is 13.5. The number of unbranched alkanes of at least 4 members (excludes halogenated alkanes) is 4. The van der Waals surface area contributed by atoms with Crippen molar-refractivity contribution < 1.29 is 19.1 Å². The molecule has 0 saturated carbocycles. The fraction of sp³-hybridized carbons (Fsp3) is 0.826. The zero-order chi connectivity index (χ0) is 23.5. The summed E-state index contributed by atoms with van der Waals surface area (Å²) in [6.07, 6.45) is 14.8. The van der Waals surface area contributed by atoms with Crippen LogP contribution in [0, 0.1) is 0 Å². The monoisotopic (exact) mass is 499 g/mol. The van der Waals surface area contributed by atoms with Crippen molar-refractivity contribution in [2.75, 3.05) is 27.4 Å². The molecule has 0 aliphatic rings. The van der Waals surface area contributed by atoms with E-state index in [1.807, 2.05) is 0 Å². The van der Waals surface area contributed by atoms with Gasteiger partial charge >= 0.3 is 5.97 Å². The molecular weight excluding hydrogens is 461 g/mol. The summed E-state index contributed by atoms with van der Waals surface area (Å²) in [5, 5.41) is 0.243. The van der Waals surface area contributed by atoms with Crippen LogP contribution in [0.3, 0.4) is 0 Å². The van der Waals surface area contributed by atoms with Crippen LogP contribution in [-0.4, -0.2) is 60.4 Å². The highest BCUT2D eigenvalue weighted by molar-refractivity contribution is 6.44. The number of carbonyl (C=O) groups is 2. The SMILES string of the molecule is COCC(COC(C)=O)N(C)C(=O)CC/C=C/CCCCC(Cl)CCCCCC(Cl)Cl. The van der Waals surface area contributed by atoms with Crippen LogP contribution in [0.2, 0.25) is 0 Å². The van der Waals surface area contributed by atoms with Crippen molar-refractivity contribution in [2.24, 2.45) is 0 Å². The van der Waals surface area contributed by atoms with E-state index in [0.29, 0.717) is 19.4 Å². The van der Waals surface area contributed by atoms with Crippen LogP contribution in [0.25, 0.3) is 0 Å². The lowest BCUT2D eigenvalue weighted by Gasteiger charge is -2.27. The molecule has 0 aromatic carbocycles. The number of amides is 1. The maximum absolute atomic E-state index is 12.3. The van der Waals surface area contributed by atoms with E-state index in [0.717, 1.165) is 57.8 Å². The Bertz CT molecular complexity index is 503. The van der Waals surface area contributed by atoms with Crippen molar-refractivity contribution >= 4 is 46.7 Å². The molecule has 8 heteroatoms. The molecule has 182 valence electrons. The van der Waals surface area contributed by atoms with Crippen molar-refractivity contribution in [2.45, 2.75) is 93.8 Å². The van der Waals surface area contributed by atoms with Gasteiger partial charge in [-0.1, -0.05) is 37.8 Å². The number of hydrogen-bond acceptors (Lipinski definition) is 4. The van der Waals surface area contributed by atoms with Crippen LogP contribution in [0.4, 0.5) is 0 Å². The Morgan fingerprint density at radius 1 is 0.903 bits per heavy atom. The molecule has 0 saturated heterocycles. The Kier molecular flexibility index (Phi) is 19.8. The molecule has 0 aromatic rings. The summed E-state index contributed by atoms with van der Waals surface area (Å²) in [5.41, 5.74) is 0. The quantitative estimate of drug-likeness (QED) is 0.0906. The minimum Gasteiger partial charge on any atom is -0.464 e. The van der Waals surface area contributed by atoms with E-state index in [1.54, 1.807) is 19.1 Å². The van der Waals surface area contributed by atoms with E-state index in [9.17, 15) is 9.59 Å². The van der Waals surface area contributed by atoms with Gasteiger partial charge in [-0.05, 0) is 38.5 Å². The van der Waals surface area contributed by atoms with Gasteiger partial charge in [-0.15, -0.1) is 34.8 Å². The molecule has 0 aliphatic carbocycles. The Morgan fingerprint density at radius 2 is 1.52 bits per heavy atom. The minimum absolute atomic E-state index is 0.0106. The Labute approximate surface area is 203 Å². The number of nitrogens with zero attached hydrogens (tertiary/aromatic N) is 1. The lowest BCUT2D eigenvalue weighted by atomic mass is 10.1. The van der Waals surface area contributed by atoms with Gasteiger partial charge < -0.3 is 14.4 Å². The largest absolute Gasteiger partial charge is 0.464 e. The van der Waals surface area contributed by atoms with Crippen LogP contribution in [0.1, 0.15) is 77.6 Å². The first-order chi connectivity index (χ1) is 14.8. The average Bonchev–Trinajstić information content (AvgIpc) is 2.71. The van der Waals surface area contributed by atoms with Crippen LogP contribution < -0.4 is 0 Å². The lowest BCUT2D eigenvalue weighted by Crippen LogP contribution is -2.43. The fourth-order valence-corrected chi connectivity index (χ4v) is 3.73. The summed E-state index contributed by atoms with van der Waals surface area (Å²) in [7, 11) is 3.28. The zero-order valence-corrected chi connectivity index (χ0v) is 21.6. The maximum Gasteiger partial charge on any atom is 0.302 e. The Hall–Kier alpha value is -0.490. The van der Waals surface area contributed by atoms with Crippen molar-refractivity contribution in [3.8, 4) is 0 Å². The first-order valence-electron chi connectivity index (χ1n) is 11.2. The number of rotatable bonds is 19. The van der Waals surface area contributed by atoms with E-state index in [1.165, 1.54) is 6.92 Å². The van der Waals surface area contributed by atoms with Gasteiger partial charge in [0, 0.05) is 32.9 Å². The Morgan fingerprint density at radius 3 is 2.13 bits per heavy atom. The molecule has 0 rings (SSSR count). The van der Waals surface area contributed by atoms with Crippen LogP contribution in [-0.2, 0) is 19.1 Å². The number of likely N-dealkylation sites (N-methyl/N-ethyl adjacent to an activating group) is 1. The third-order valence-electron chi connectivity index (χ3n) is 5.05. The average molecular weight is 501 g/mol. The third-order valence-corrected chi connectivity index (χ3v) is 5.92. The zero-order valence-electron chi connectivity index (χ0n) is 19.3. The molecule has 0 aromatic heterocycles. The molecule has 0 radical (unpaired) electrons. The smallest absolute Gasteiger partial charge is 0.302 e. The van der Waals surface area contributed by atoms with Gasteiger partial charge in [-0.25, -0.2) is 0 Å². The van der Waals surface area contributed by atoms with Gasteiger partial charge in [0.05, 0.1) is 12.6 Å². The molecule has 0 N–H and O–H groups in total. The molecule has 0 bridgehead atoms. The van der Waals surface area contributed by atoms with Crippen LogP contribution in [0.5, 0.6) is 0 Å². The van der Waals surface area contributed by atoms with Crippen molar-refractivity contribution in [3.63, 3.8) is 0 Å². The first-order valence-corrected chi connectivity index (χ1v) is 12.5. The topological polar surface area (TPSA) is 55.8 Å². The van der Waals surface area contributed by atoms with Crippen LogP contribution >= 0.6 is 34.8 Å². The number of carbonyl (C=O) groups excluding carboxylic acids is 2. The highest BCUT2D eigenvalue weighted by Crippen LogP contribution is 2.18. The first kappa shape index (κ1) is 30.5. The number of alkyl halides is 3. The van der Waals surface area contributed by atoms with Gasteiger partial charge in [0.25, 0.3) is 0 Å². The van der Waals surface area contributed by atoms with Crippen molar-refractivity contribution in [1.29, 1.82) is 0 Å². The molecule has 2 unspecified atom stereocenters. The third kappa shape index (κ3) is 18.8. The predicted molar refractivity (Wildman–Crippen MR) is 130 cm³/mol. The number of esters is 1. The molecule has 0 heterocycles. The molecule has 1 amide bonds. The lowest BCUT2D eigenvalue weighted by molar-refractivity contribution is -0.146. The van der Waals surface area contributed by atoms with Gasteiger partial charge in [0.1, 0.15) is 11.4 Å². The highest BCUT2D eigenvalue weighted by Gasteiger charge is 2.20. The maximum atomic E-state index is 12.3. The molecular formula is C23H40Cl3NO4. The standard InChI is InChI=1S/C23H40Cl3NO4/c1-19(28)31-18-21(17-30-3)27(2)23(29)16-12-7-5-4-6-9-13-20(24)14-10-8-11-15-22(25)26/h5,7,20-22H,4,6,8-18H2,1-3H3/b7-5+. The second-order valence-electron chi connectivity index (χ2n) is 7.84. The molecule has 2 atom stereocenters. The van der Waals surface area contributed by atoms with E-state index in [4.69, 9.17) is 44.3 Å². The van der Waals surface area contributed by atoms with Crippen LogP contribution in [0.15, 0.2) is 12.2 Å². The number of ether oxygens (including phenoxy) is 2. The summed E-state index contributed by atoms with van der Waals surface area (Å²) < 4.78 is 10.1. The van der Waals surface area contributed by atoms with E-state index in [-0.39, 0.29) is 34.7 Å². The van der Waals surface area contributed by atoms with Gasteiger partial charge in [0.15, 0.2) is 0 Å². The van der Waals surface area contributed by atoms with Gasteiger partial charge in [-0.2, -0.15) is 0 Å². The number of hydrogen-bond donors (Lipinski definition) is 0. The van der Waals surface area contributed by atoms with Crippen molar-refractivity contribution in [1.82, 2.24) is 4.90 Å². The number of allylic oxidation sites excluding steroid dienone is 2. The molecule has 0 fully saturated rings. The molecule has 0 aliphatic heterocycles. The van der Waals surface area contributed by atoms with E-state index in [2.05, 4.69) is 12.2 Å². The summed E-state index contributed by atoms with van der Waals surface area (Å²) in [6.45, 7) is 1.82. The number of halogens is 3. The summed E-state index contributed by atoms with van der Waals surface area (Å²) in [5.74, 6) is -0.353. The molecule has 31 heavy (non-hydrogen) atoms. The minimum atomic E-state index is -0.363. The van der Waals surface area contributed by atoms with Gasteiger partial charge in [0.2, 0.25) is 5.91 Å². The Balaban J connectivity index is 3.84. The summed E-state index contributed by atoms with van der Waals surface area (Å²) >= 11 is 17.8. The van der Waals surface area contributed by atoms with Gasteiger partial charge in [-0.3, -0.25) is 9.59 Å². The summed E-state index contributed by atoms with van der Waals surface area (Å²) in [6, 6.07) is -0.272. The highest BCUT2D eigenvalue weighted by atomic mass is 35.5. The molecule has 5 nitrogen and oxygen atoms in total. The summed E-state index contributed by atoms with van der Waals surface area (Å²) in [4.78, 5) is 24.7. The molecule has 0 spiro atoms.